The SMILES string of the molecule is CC(C)Cc1ccc(C2=CC=CC(C)(C)C=C2)cc1. The van der Waals surface area contributed by atoms with E-state index in [2.05, 4.69) is 82.3 Å². The maximum atomic E-state index is 2.27. The molecule has 1 aliphatic rings. The van der Waals surface area contributed by atoms with Crippen molar-refractivity contribution in [2.75, 3.05) is 0 Å². The molecule has 0 atom stereocenters. The Morgan fingerprint density at radius 2 is 1.68 bits per heavy atom. The second-order valence-electron chi connectivity index (χ2n) is 6.43. The van der Waals surface area contributed by atoms with Crippen molar-refractivity contribution in [2.45, 2.75) is 34.1 Å². The van der Waals surface area contributed by atoms with Crippen molar-refractivity contribution in [3.05, 3.63) is 65.8 Å². The van der Waals surface area contributed by atoms with E-state index in [4.69, 9.17) is 0 Å². The molecule has 0 saturated carbocycles. The van der Waals surface area contributed by atoms with Crippen molar-refractivity contribution in [3.63, 3.8) is 0 Å². The molecule has 0 nitrogen and oxygen atoms in total. The Balaban J connectivity index is 2.19. The molecule has 0 aromatic heterocycles. The third-order valence-electron chi connectivity index (χ3n) is 3.43. The van der Waals surface area contributed by atoms with E-state index < -0.39 is 0 Å². The van der Waals surface area contributed by atoms with Gasteiger partial charge in [0, 0.05) is 5.41 Å². The first kappa shape index (κ1) is 13.9. The first-order valence-electron chi connectivity index (χ1n) is 7.14. The standard InChI is InChI=1S/C19H24/c1-15(2)14-16-7-9-18(10-8-16)17-6-5-12-19(3,4)13-11-17/h5-13,15H,14H2,1-4H3. The molecule has 0 aliphatic heterocycles. The molecule has 0 saturated heterocycles. The monoisotopic (exact) mass is 252 g/mol. The summed E-state index contributed by atoms with van der Waals surface area (Å²) in [6.07, 6.45) is 12.3. The fourth-order valence-corrected chi connectivity index (χ4v) is 2.31. The van der Waals surface area contributed by atoms with Crippen molar-refractivity contribution >= 4 is 5.57 Å². The smallest absolute Gasteiger partial charge is 0.00109 e. The van der Waals surface area contributed by atoms with Crippen LogP contribution in [0.3, 0.4) is 0 Å². The Bertz CT molecular complexity index is 507. The number of allylic oxidation sites excluding steroid dienone is 6. The summed E-state index contributed by atoms with van der Waals surface area (Å²) in [5.41, 5.74) is 4.16. The molecule has 0 radical (unpaired) electrons. The molecule has 2 rings (SSSR count). The second kappa shape index (κ2) is 5.61. The number of hydrogen-bond acceptors (Lipinski definition) is 0. The van der Waals surface area contributed by atoms with Crippen LogP contribution in [0.1, 0.15) is 38.8 Å². The molecule has 0 heterocycles. The molecule has 0 unspecified atom stereocenters. The molecule has 0 fully saturated rings. The minimum atomic E-state index is 0.149. The van der Waals surface area contributed by atoms with Gasteiger partial charge in [-0.1, -0.05) is 82.3 Å². The Morgan fingerprint density at radius 1 is 1.00 bits per heavy atom. The average molecular weight is 252 g/mol. The highest BCUT2D eigenvalue weighted by Gasteiger charge is 2.11. The topological polar surface area (TPSA) is 0 Å². The molecule has 0 N–H and O–H groups in total. The number of benzene rings is 1. The first-order valence-corrected chi connectivity index (χ1v) is 7.14. The van der Waals surface area contributed by atoms with Crippen LogP contribution in [0.25, 0.3) is 5.57 Å². The second-order valence-corrected chi connectivity index (χ2v) is 6.43. The summed E-state index contributed by atoms with van der Waals surface area (Å²) < 4.78 is 0. The molecule has 0 bridgehead atoms. The van der Waals surface area contributed by atoms with E-state index >= 15 is 0 Å². The summed E-state index contributed by atoms with van der Waals surface area (Å²) in [6, 6.07) is 8.98. The van der Waals surface area contributed by atoms with Gasteiger partial charge < -0.3 is 0 Å². The molecule has 1 aliphatic carbocycles. The highest BCUT2D eigenvalue weighted by molar-refractivity contribution is 5.76. The third-order valence-corrected chi connectivity index (χ3v) is 3.43. The molecular weight excluding hydrogens is 228 g/mol. The predicted molar refractivity (Wildman–Crippen MR) is 85.0 cm³/mol. The Labute approximate surface area is 117 Å². The maximum absolute atomic E-state index is 2.27. The van der Waals surface area contributed by atoms with Gasteiger partial charge in [-0.05, 0) is 29.0 Å². The Morgan fingerprint density at radius 3 is 2.32 bits per heavy atom. The summed E-state index contributed by atoms with van der Waals surface area (Å²) in [5.74, 6) is 0.714. The van der Waals surface area contributed by atoms with E-state index in [1.807, 2.05) is 0 Å². The maximum Gasteiger partial charge on any atom is 0.00109 e. The van der Waals surface area contributed by atoms with E-state index in [9.17, 15) is 0 Å². The zero-order valence-corrected chi connectivity index (χ0v) is 12.5. The quantitative estimate of drug-likeness (QED) is 0.673. The zero-order valence-electron chi connectivity index (χ0n) is 12.5. The van der Waals surface area contributed by atoms with Crippen molar-refractivity contribution in [2.24, 2.45) is 11.3 Å². The molecule has 19 heavy (non-hydrogen) atoms. The van der Waals surface area contributed by atoms with Crippen LogP contribution in [-0.2, 0) is 6.42 Å². The summed E-state index contributed by atoms with van der Waals surface area (Å²) in [4.78, 5) is 0. The van der Waals surface area contributed by atoms with E-state index in [-0.39, 0.29) is 5.41 Å². The van der Waals surface area contributed by atoms with Gasteiger partial charge in [-0.15, -0.1) is 0 Å². The van der Waals surface area contributed by atoms with Gasteiger partial charge >= 0.3 is 0 Å². The molecule has 0 spiro atoms. The van der Waals surface area contributed by atoms with Gasteiger partial charge in [0.05, 0.1) is 0 Å². The highest BCUT2D eigenvalue weighted by Crippen LogP contribution is 2.26. The molecule has 1 aromatic rings. The van der Waals surface area contributed by atoms with Gasteiger partial charge in [0.25, 0.3) is 0 Å². The van der Waals surface area contributed by atoms with Crippen LogP contribution in [-0.4, -0.2) is 0 Å². The van der Waals surface area contributed by atoms with Crippen molar-refractivity contribution < 1.29 is 0 Å². The van der Waals surface area contributed by atoms with Crippen LogP contribution >= 0.6 is 0 Å². The number of rotatable bonds is 3. The largest absolute Gasteiger partial charge is 0.0751 e. The number of hydrogen-bond donors (Lipinski definition) is 0. The summed E-state index contributed by atoms with van der Waals surface area (Å²) >= 11 is 0. The molecular formula is C19H24. The van der Waals surface area contributed by atoms with Crippen LogP contribution in [0.15, 0.2) is 54.6 Å². The van der Waals surface area contributed by atoms with Crippen molar-refractivity contribution in [3.8, 4) is 0 Å². The van der Waals surface area contributed by atoms with Crippen LogP contribution in [0.5, 0.6) is 0 Å². The van der Waals surface area contributed by atoms with E-state index in [1.54, 1.807) is 0 Å². The lowest BCUT2D eigenvalue weighted by Gasteiger charge is -2.12. The summed E-state index contributed by atoms with van der Waals surface area (Å²) in [7, 11) is 0. The first-order chi connectivity index (χ1) is 8.96. The molecule has 100 valence electrons. The van der Waals surface area contributed by atoms with Gasteiger partial charge in [0.15, 0.2) is 0 Å². The molecule has 0 amide bonds. The minimum Gasteiger partial charge on any atom is -0.0751 e. The van der Waals surface area contributed by atoms with Crippen LogP contribution in [0, 0.1) is 11.3 Å². The summed E-state index contributed by atoms with van der Waals surface area (Å²) in [6.45, 7) is 8.97. The lowest BCUT2D eigenvalue weighted by molar-refractivity contribution is 0.627. The lowest BCUT2D eigenvalue weighted by atomic mass is 9.92. The van der Waals surface area contributed by atoms with Crippen LogP contribution in [0.2, 0.25) is 0 Å². The van der Waals surface area contributed by atoms with E-state index in [0.29, 0.717) is 5.92 Å². The van der Waals surface area contributed by atoms with E-state index in [0.717, 1.165) is 6.42 Å². The van der Waals surface area contributed by atoms with Gasteiger partial charge in [0.1, 0.15) is 0 Å². The predicted octanol–water partition coefficient (Wildman–Crippen LogP) is 5.42. The van der Waals surface area contributed by atoms with E-state index in [1.165, 1.54) is 16.7 Å². The Kier molecular flexibility index (Phi) is 4.09. The fourth-order valence-electron chi connectivity index (χ4n) is 2.31. The van der Waals surface area contributed by atoms with Gasteiger partial charge in [0.2, 0.25) is 0 Å². The molecule has 0 heteroatoms. The minimum absolute atomic E-state index is 0.149. The lowest BCUT2D eigenvalue weighted by Crippen LogP contribution is -2.00. The fraction of sp³-hybridized carbons (Fsp3) is 0.368. The van der Waals surface area contributed by atoms with Crippen molar-refractivity contribution in [1.82, 2.24) is 0 Å². The Hall–Kier alpha value is -1.56. The van der Waals surface area contributed by atoms with Crippen molar-refractivity contribution in [1.29, 1.82) is 0 Å². The normalized spacial score (nSPS) is 17.4. The highest BCUT2D eigenvalue weighted by atomic mass is 14.2. The zero-order chi connectivity index (χ0) is 13.9. The molecule has 1 aromatic carbocycles. The van der Waals surface area contributed by atoms with Gasteiger partial charge in [-0.3, -0.25) is 0 Å². The van der Waals surface area contributed by atoms with Crippen LogP contribution < -0.4 is 0 Å². The average Bonchev–Trinajstić information content (AvgIpc) is 2.51. The third kappa shape index (κ3) is 3.96. The summed E-state index contributed by atoms with van der Waals surface area (Å²) in [5, 5.41) is 0. The van der Waals surface area contributed by atoms with Gasteiger partial charge in [-0.25, -0.2) is 0 Å². The van der Waals surface area contributed by atoms with Crippen LogP contribution in [0.4, 0.5) is 0 Å². The van der Waals surface area contributed by atoms with Gasteiger partial charge in [-0.2, -0.15) is 0 Å².